The number of methoxy groups -OCH3 is 1. The van der Waals surface area contributed by atoms with E-state index in [1.54, 1.807) is 36.4 Å². The molecule has 2 heterocycles. The van der Waals surface area contributed by atoms with E-state index in [2.05, 4.69) is 0 Å². The number of aryl methyl sites for hydroxylation is 1. The molecule has 0 N–H and O–H groups in total. The van der Waals surface area contributed by atoms with Crippen LogP contribution in [0.3, 0.4) is 0 Å². The maximum absolute atomic E-state index is 13.7. The molecule has 2 aliphatic rings. The van der Waals surface area contributed by atoms with Crippen LogP contribution < -0.4 is 19.6 Å². The van der Waals surface area contributed by atoms with Crippen molar-refractivity contribution in [2.45, 2.75) is 19.1 Å². The Morgan fingerprint density at radius 3 is 2.18 bits per heavy atom. The van der Waals surface area contributed by atoms with Crippen molar-refractivity contribution in [3.63, 3.8) is 0 Å². The first-order valence-corrected chi connectivity index (χ1v) is 11.2. The van der Waals surface area contributed by atoms with Gasteiger partial charge < -0.3 is 9.64 Å². The van der Waals surface area contributed by atoms with Crippen molar-refractivity contribution in [3.8, 4) is 5.75 Å². The lowest BCUT2D eigenvalue weighted by molar-refractivity contribution is -0.126. The molecule has 0 bridgehead atoms. The van der Waals surface area contributed by atoms with Crippen LogP contribution in [0.25, 0.3) is 0 Å². The van der Waals surface area contributed by atoms with Crippen molar-refractivity contribution in [1.29, 1.82) is 0 Å². The molecule has 0 radical (unpaired) electrons. The smallest absolute Gasteiger partial charge is 0.266 e. The molecule has 174 valence electrons. The third-order valence-electron chi connectivity index (χ3n) is 6.55. The molecule has 0 aromatic heterocycles. The number of nitrogens with zero attached hydrogens (tertiary/aromatic N) is 3. The van der Waals surface area contributed by atoms with Crippen LogP contribution in [0.15, 0.2) is 72.8 Å². The number of ether oxygens (including phenoxy) is 1. The van der Waals surface area contributed by atoms with Gasteiger partial charge in [-0.2, -0.15) is 0 Å². The van der Waals surface area contributed by atoms with Crippen molar-refractivity contribution in [2.75, 3.05) is 36.1 Å². The first-order chi connectivity index (χ1) is 16.4. The summed E-state index contributed by atoms with van der Waals surface area (Å²) in [6.45, 7) is 1.99. The molecule has 2 aliphatic heterocycles. The van der Waals surface area contributed by atoms with Crippen LogP contribution in [-0.2, 0) is 14.4 Å². The van der Waals surface area contributed by atoms with E-state index in [0.717, 1.165) is 22.5 Å². The molecule has 7 nitrogen and oxygen atoms in total. The number of fused-ring (bicyclic) bond motifs is 1. The summed E-state index contributed by atoms with van der Waals surface area (Å²) in [4.78, 5) is 36.7. The Morgan fingerprint density at radius 1 is 0.882 bits per heavy atom. The number of benzene rings is 3. The summed E-state index contributed by atoms with van der Waals surface area (Å²) in [6, 6.07) is 22.3. The summed E-state index contributed by atoms with van der Waals surface area (Å²) in [5, 5.41) is 1.75. The highest BCUT2D eigenvalue weighted by Crippen LogP contribution is 2.48. The second-order valence-corrected chi connectivity index (χ2v) is 8.80. The van der Waals surface area contributed by atoms with Crippen molar-refractivity contribution in [2.24, 2.45) is 5.92 Å². The molecule has 7 heteroatoms. The van der Waals surface area contributed by atoms with E-state index in [4.69, 9.17) is 9.57 Å². The first kappa shape index (κ1) is 22.0. The van der Waals surface area contributed by atoms with Gasteiger partial charge in [-0.15, -0.1) is 0 Å². The van der Waals surface area contributed by atoms with Gasteiger partial charge in [-0.05, 0) is 60.5 Å². The summed E-state index contributed by atoms with van der Waals surface area (Å²) in [5.41, 5.74) is 4.33. The van der Waals surface area contributed by atoms with Gasteiger partial charge in [-0.25, -0.2) is 9.96 Å². The molecule has 2 saturated heterocycles. The zero-order valence-corrected chi connectivity index (χ0v) is 19.6. The van der Waals surface area contributed by atoms with Crippen molar-refractivity contribution < 1.29 is 19.2 Å². The number of hydrogen-bond acceptors (Lipinski definition) is 6. The number of hydroxylamine groups is 1. The number of imide groups is 1. The monoisotopic (exact) mass is 457 g/mol. The lowest BCUT2D eigenvalue weighted by Gasteiger charge is -2.30. The zero-order chi connectivity index (χ0) is 24.0. The number of amides is 2. The highest BCUT2D eigenvalue weighted by molar-refractivity contribution is 6.24. The van der Waals surface area contributed by atoms with Gasteiger partial charge in [0.15, 0.2) is 6.10 Å². The molecule has 0 saturated carbocycles. The minimum absolute atomic E-state index is 0.266. The Balaban J connectivity index is 1.57. The second-order valence-electron chi connectivity index (χ2n) is 8.80. The Bertz CT molecular complexity index is 1220. The predicted octanol–water partition coefficient (Wildman–Crippen LogP) is 4.12. The molecule has 0 spiro atoms. The highest BCUT2D eigenvalue weighted by atomic mass is 16.7. The summed E-state index contributed by atoms with van der Waals surface area (Å²) in [6.07, 6.45) is -0.896. The molecule has 5 rings (SSSR count). The topological polar surface area (TPSA) is 62.3 Å². The lowest BCUT2D eigenvalue weighted by Crippen LogP contribution is -2.37. The standard InChI is InChI=1S/C27H27N3O4/c1-17-7-5-6-8-22(17)30-24(18-9-11-19(12-10-18)28(2)3)23-25(34-30)27(32)29(26(23)31)20-13-15-21(33-4)16-14-20/h5-16,23-25H,1-4H3/t23-,24+,25-/m1/s1. The predicted molar refractivity (Wildman–Crippen MR) is 131 cm³/mol. The largest absolute Gasteiger partial charge is 0.497 e. The fraction of sp³-hybridized carbons (Fsp3) is 0.259. The fourth-order valence-electron chi connectivity index (χ4n) is 4.73. The SMILES string of the molecule is COc1ccc(N2C(=O)[C@H]3[C@@H](ON(c4ccccc4C)[C@H]3c3ccc(N(C)C)cc3)C2=O)cc1. The molecule has 0 aliphatic carbocycles. The van der Waals surface area contributed by atoms with Gasteiger partial charge in [-0.3, -0.25) is 14.4 Å². The van der Waals surface area contributed by atoms with Gasteiger partial charge >= 0.3 is 0 Å². The van der Waals surface area contributed by atoms with Crippen LogP contribution in [0.4, 0.5) is 17.1 Å². The molecule has 3 atom stereocenters. The van der Waals surface area contributed by atoms with E-state index in [0.29, 0.717) is 11.4 Å². The average Bonchev–Trinajstić information content (AvgIpc) is 3.35. The third kappa shape index (κ3) is 3.49. The molecule has 2 amide bonds. The Kier molecular flexibility index (Phi) is 5.49. The summed E-state index contributed by atoms with van der Waals surface area (Å²) >= 11 is 0. The van der Waals surface area contributed by atoms with Crippen LogP contribution >= 0.6 is 0 Å². The second kappa shape index (κ2) is 8.50. The first-order valence-electron chi connectivity index (χ1n) is 11.2. The quantitative estimate of drug-likeness (QED) is 0.537. The summed E-state index contributed by atoms with van der Waals surface area (Å²) < 4.78 is 5.21. The molecule has 0 unspecified atom stereocenters. The highest BCUT2D eigenvalue weighted by Gasteiger charge is 2.60. The van der Waals surface area contributed by atoms with E-state index in [-0.39, 0.29) is 11.8 Å². The number of hydrogen-bond donors (Lipinski definition) is 0. The fourth-order valence-corrected chi connectivity index (χ4v) is 4.73. The minimum atomic E-state index is -0.896. The minimum Gasteiger partial charge on any atom is -0.497 e. The Morgan fingerprint density at radius 2 is 1.56 bits per heavy atom. The molecule has 2 fully saturated rings. The molecule has 3 aromatic rings. The van der Waals surface area contributed by atoms with E-state index in [9.17, 15) is 9.59 Å². The molecular weight excluding hydrogens is 430 g/mol. The van der Waals surface area contributed by atoms with Crippen molar-refractivity contribution >= 4 is 28.9 Å². The zero-order valence-electron chi connectivity index (χ0n) is 19.6. The van der Waals surface area contributed by atoms with Gasteiger partial charge in [0.1, 0.15) is 11.7 Å². The van der Waals surface area contributed by atoms with E-state index in [1.807, 2.05) is 74.4 Å². The summed E-state index contributed by atoms with van der Waals surface area (Å²) in [5.74, 6) is -0.632. The van der Waals surface area contributed by atoms with Gasteiger partial charge in [0.2, 0.25) is 5.91 Å². The van der Waals surface area contributed by atoms with E-state index >= 15 is 0 Å². The number of carbonyl (C=O) groups excluding carboxylic acids is 2. The maximum Gasteiger partial charge on any atom is 0.266 e. The van der Waals surface area contributed by atoms with Crippen LogP contribution in [0.1, 0.15) is 17.2 Å². The van der Waals surface area contributed by atoms with Gasteiger partial charge in [0, 0.05) is 19.8 Å². The van der Waals surface area contributed by atoms with Gasteiger partial charge in [-0.1, -0.05) is 30.3 Å². The number of carbonyl (C=O) groups is 2. The van der Waals surface area contributed by atoms with Crippen LogP contribution in [0, 0.1) is 12.8 Å². The number of para-hydroxylation sites is 1. The lowest BCUT2D eigenvalue weighted by atomic mass is 9.90. The van der Waals surface area contributed by atoms with Gasteiger partial charge in [0.25, 0.3) is 5.91 Å². The van der Waals surface area contributed by atoms with Crippen LogP contribution in [0.5, 0.6) is 5.75 Å². The van der Waals surface area contributed by atoms with Gasteiger partial charge in [0.05, 0.1) is 24.5 Å². The van der Waals surface area contributed by atoms with Crippen molar-refractivity contribution in [3.05, 3.63) is 83.9 Å². The molecule has 3 aromatic carbocycles. The number of anilines is 3. The average molecular weight is 458 g/mol. The Labute approximate surface area is 199 Å². The molecular formula is C27H27N3O4. The normalized spacial score (nSPS) is 21.7. The molecule has 34 heavy (non-hydrogen) atoms. The van der Waals surface area contributed by atoms with E-state index in [1.165, 1.54) is 4.90 Å². The van der Waals surface area contributed by atoms with Crippen LogP contribution in [-0.4, -0.2) is 39.1 Å². The van der Waals surface area contributed by atoms with Crippen LogP contribution in [0.2, 0.25) is 0 Å². The van der Waals surface area contributed by atoms with E-state index < -0.39 is 18.1 Å². The third-order valence-corrected chi connectivity index (χ3v) is 6.55. The summed E-state index contributed by atoms with van der Waals surface area (Å²) in [7, 11) is 5.54. The number of rotatable bonds is 5. The van der Waals surface area contributed by atoms with Crippen molar-refractivity contribution in [1.82, 2.24) is 0 Å². The maximum atomic E-state index is 13.7. The Hall–Kier alpha value is -3.84.